The number of halogens is 1. The van der Waals surface area contributed by atoms with Crippen molar-refractivity contribution in [3.8, 4) is 17.3 Å². The van der Waals surface area contributed by atoms with Crippen LogP contribution in [0.3, 0.4) is 0 Å². The summed E-state index contributed by atoms with van der Waals surface area (Å²) < 4.78 is 27.0. The predicted octanol–water partition coefficient (Wildman–Crippen LogP) is 4.72. The van der Waals surface area contributed by atoms with E-state index in [0.717, 1.165) is 29.8 Å². The van der Waals surface area contributed by atoms with Crippen LogP contribution in [-0.4, -0.2) is 52.7 Å². The van der Waals surface area contributed by atoms with Gasteiger partial charge in [-0.15, -0.1) is 0 Å². The molecular formula is C25H32FN3O3. The van der Waals surface area contributed by atoms with Gasteiger partial charge in [0.25, 0.3) is 0 Å². The number of nitrogens with zero attached hydrogens (tertiary/aromatic N) is 3. The minimum Gasteiger partial charge on any atom is -0.438 e. The fraction of sp³-hybridized carbons (Fsp3) is 0.400. The number of benzene rings is 2. The van der Waals surface area contributed by atoms with Crippen molar-refractivity contribution < 1.29 is 19.0 Å². The van der Waals surface area contributed by atoms with Gasteiger partial charge in [0.2, 0.25) is 5.88 Å². The Morgan fingerprint density at radius 1 is 1.16 bits per heavy atom. The lowest BCUT2D eigenvalue weighted by atomic mass is 10.1. The van der Waals surface area contributed by atoms with Gasteiger partial charge in [0, 0.05) is 32.8 Å². The third kappa shape index (κ3) is 6.38. The van der Waals surface area contributed by atoms with Gasteiger partial charge in [-0.05, 0) is 37.6 Å². The smallest absolute Gasteiger partial charge is 0.227 e. The van der Waals surface area contributed by atoms with Gasteiger partial charge in [-0.25, -0.2) is 9.07 Å². The fourth-order valence-corrected chi connectivity index (χ4v) is 3.61. The molecule has 172 valence electrons. The van der Waals surface area contributed by atoms with Gasteiger partial charge in [-0.3, -0.25) is 4.90 Å². The Morgan fingerprint density at radius 2 is 1.94 bits per heavy atom. The first-order chi connectivity index (χ1) is 15.5. The van der Waals surface area contributed by atoms with Crippen molar-refractivity contribution in [1.82, 2.24) is 14.7 Å². The molecule has 1 unspecified atom stereocenters. The Kier molecular flexibility index (Phi) is 8.79. The normalized spacial score (nSPS) is 12.3. The fourth-order valence-electron chi connectivity index (χ4n) is 3.61. The Bertz CT molecular complexity index is 978. The number of ether oxygens (including phenoxy) is 2. The maximum Gasteiger partial charge on any atom is 0.227 e. The number of methoxy groups -OCH3 is 1. The number of para-hydroxylation sites is 1. The highest BCUT2D eigenvalue weighted by atomic mass is 19.1. The molecule has 0 aliphatic carbocycles. The summed E-state index contributed by atoms with van der Waals surface area (Å²) in [6.07, 6.45) is 1.23. The second-order valence-electron chi connectivity index (χ2n) is 7.85. The van der Waals surface area contributed by atoms with Crippen LogP contribution in [-0.2, 0) is 11.3 Å². The summed E-state index contributed by atoms with van der Waals surface area (Å²) in [6, 6.07) is 15.8. The number of hydrogen-bond donors (Lipinski definition) is 1. The summed E-state index contributed by atoms with van der Waals surface area (Å²) in [5, 5.41) is 15.1. The molecule has 0 fully saturated rings. The van der Waals surface area contributed by atoms with Crippen LogP contribution >= 0.6 is 0 Å². The summed E-state index contributed by atoms with van der Waals surface area (Å²) in [5.74, 6) is 0.570. The quantitative estimate of drug-likeness (QED) is 0.441. The first-order valence-electron chi connectivity index (χ1n) is 11.0. The van der Waals surface area contributed by atoms with Crippen molar-refractivity contribution in [3.63, 3.8) is 0 Å². The molecule has 32 heavy (non-hydrogen) atoms. The second-order valence-corrected chi connectivity index (χ2v) is 7.85. The number of aliphatic hydroxyl groups excluding tert-OH is 1. The highest BCUT2D eigenvalue weighted by Crippen LogP contribution is 2.32. The van der Waals surface area contributed by atoms with Crippen LogP contribution in [0.25, 0.3) is 5.69 Å². The maximum absolute atomic E-state index is 13.8. The third-order valence-electron chi connectivity index (χ3n) is 5.23. The number of aryl methyl sites for hydroxylation is 1. The average molecular weight is 442 g/mol. The molecule has 7 heteroatoms. The SMILES string of the molecule is CCCC(O)CN(CCOC)Cc1c(C)nn(-c2ccccc2)c1Oc1cccc(F)c1. The lowest BCUT2D eigenvalue weighted by molar-refractivity contribution is 0.0795. The molecule has 1 aromatic heterocycles. The molecule has 0 saturated heterocycles. The molecule has 1 atom stereocenters. The van der Waals surface area contributed by atoms with Gasteiger partial charge in [0.15, 0.2) is 0 Å². The monoisotopic (exact) mass is 441 g/mol. The minimum absolute atomic E-state index is 0.365. The van der Waals surface area contributed by atoms with E-state index in [1.807, 2.05) is 37.3 Å². The first-order valence-corrected chi connectivity index (χ1v) is 11.0. The predicted molar refractivity (Wildman–Crippen MR) is 123 cm³/mol. The van der Waals surface area contributed by atoms with E-state index < -0.39 is 6.10 Å². The highest BCUT2D eigenvalue weighted by molar-refractivity contribution is 5.43. The zero-order valence-electron chi connectivity index (χ0n) is 19.0. The standard InChI is InChI=1S/C25H32FN3O3/c1-4-9-22(30)17-28(14-15-31-3)18-24-19(2)27-29(21-11-6-5-7-12-21)25(24)32-23-13-8-10-20(26)16-23/h5-8,10-13,16,22,30H,4,9,14-15,17-18H2,1-3H3. The second kappa shape index (κ2) is 11.8. The van der Waals surface area contributed by atoms with Gasteiger partial charge in [0.1, 0.15) is 11.6 Å². The van der Waals surface area contributed by atoms with Crippen LogP contribution in [0.1, 0.15) is 31.0 Å². The Balaban J connectivity index is 1.98. The molecule has 0 aliphatic heterocycles. The summed E-state index contributed by atoms with van der Waals surface area (Å²) in [5.41, 5.74) is 2.55. The van der Waals surface area contributed by atoms with E-state index in [9.17, 15) is 9.50 Å². The molecule has 0 aliphatic rings. The molecule has 6 nitrogen and oxygen atoms in total. The van der Waals surface area contributed by atoms with Gasteiger partial charge in [-0.1, -0.05) is 37.6 Å². The zero-order chi connectivity index (χ0) is 22.9. The largest absolute Gasteiger partial charge is 0.438 e. The van der Waals surface area contributed by atoms with E-state index in [1.54, 1.807) is 23.9 Å². The van der Waals surface area contributed by atoms with Crippen molar-refractivity contribution in [2.75, 3.05) is 26.8 Å². The van der Waals surface area contributed by atoms with Crippen LogP contribution in [0.5, 0.6) is 11.6 Å². The van der Waals surface area contributed by atoms with Crippen LogP contribution in [0.15, 0.2) is 54.6 Å². The van der Waals surface area contributed by atoms with Crippen molar-refractivity contribution in [3.05, 3.63) is 71.7 Å². The van der Waals surface area contributed by atoms with Gasteiger partial charge in [-0.2, -0.15) is 5.10 Å². The molecule has 3 aromatic rings. The van der Waals surface area contributed by atoms with E-state index in [1.165, 1.54) is 12.1 Å². The minimum atomic E-state index is -0.422. The maximum atomic E-state index is 13.8. The van der Waals surface area contributed by atoms with Gasteiger partial charge in [0.05, 0.1) is 29.7 Å². The number of aliphatic hydroxyl groups is 1. The lowest BCUT2D eigenvalue weighted by Gasteiger charge is -2.25. The highest BCUT2D eigenvalue weighted by Gasteiger charge is 2.22. The zero-order valence-corrected chi connectivity index (χ0v) is 19.0. The summed E-state index contributed by atoms with van der Waals surface area (Å²) in [7, 11) is 1.66. The molecule has 2 aromatic carbocycles. The number of hydrogen-bond acceptors (Lipinski definition) is 5. The topological polar surface area (TPSA) is 59.8 Å². The molecule has 1 heterocycles. The molecule has 0 bridgehead atoms. The van der Waals surface area contributed by atoms with Crippen molar-refractivity contribution in [1.29, 1.82) is 0 Å². The summed E-state index contributed by atoms with van der Waals surface area (Å²) >= 11 is 0. The van der Waals surface area contributed by atoms with E-state index in [2.05, 4.69) is 11.8 Å². The van der Waals surface area contributed by atoms with Crippen LogP contribution in [0.4, 0.5) is 4.39 Å². The van der Waals surface area contributed by atoms with E-state index in [-0.39, 0.29) is 5.82 Å². The van der Waals surface area contributed by atoms with Crippen LogP contribution in [0.2, 0.25) is 0 Å². The summed E-state index contributed by atoms with van der Waals surface area (Å²) in [6.45, 7) is 6.24. The first kappa shape index (κ1) is 23.9. The number of rotatable bonds is 12. The van der Waals surface area contributed by atoms with Crippen LogP contribution in [0, 0.1) is 12.7 Å². The van der Waals surface area contributed by atoms with E-state index >= 15 is 0 Å². The average Bonchev–Trinajstić information content (AvgIpc) is 3.08. The van der Waals surface area contributed by atoms with Crippen molar-refractivity contribution in [2.24, 2.45) is 0 Å². The molecule has 0 spiro atoms. The molecule has 1 N–H and O–H groups in total. The molecule has 0 saturated carbocycles. The Hall–Kier alpha value is -2.74. The third-order valence-corrected chi connectivity index (χ3v) is 5.23. The Morgan fingerprint density at radius 3 is 2.62 bits per heavy atom. The van der Waals surface area contributed by atoms with E-state index in [4.69, 9.17) is 14.6 Å². The lowest BCUT2D eigenvalue weighted by Crippen LogP contribution is -2.34. The van der Waals surface area contributed by atoms with Crippen molar-refractivity contribution in [2.45, 2.75) is 39.3 Å². The van der Waals surface area contributed by atoms with Crippen LogP contribution < -0.4 is 4.74 Å². The molecule has 3 rings (SSSR count). The molecular weight excluding hydrogens is 409 g/mol. The number of aromatic nitrogens is 2. The van der Waals surface area contributed by atoms with Gasteiger partial charge >= 0.3 is 0 Å². The molecule has 0 radical (unpaired) electrons. The van der Waals surface area contributed by atoms with Gasteiger partial charge < -0.3 is 14.6 Å². The Labute approximate surface area is 189 Å². The van der Waals surface area contributed by atoms with Crippen molar-refractivity contribution >= 4 is 0 Å². The molecule has 0 amide bonds. The summed E-state index contributed by atoms with van der Waals surface area (Å²) in [4.78, 5) is 2.14. The van der Waals surface area contributed by atoms with E-state index in [0.29, 0.717) is 37.9 Å².